The number of benzene rings is 1. The van der Waals surface area contributed by atoms with Gasteiger partial charge in [-0.3, -0.25) is 9.79 Å². The van der Waals surface area contributed by atoms with E-state index in [1.807, 2.05) is 12.3 Å². The molecule has 5 rings (SSSR count). The molecule has 26 heavy (non-hydrogen) atoms. The number of Topliss-reactive ketones (excluding diaryl/α,β-unsaturated/α-hetero) is 1. The molecule has 0 N–H and O–H groups in total. The Morgan fingerprint density at radius 1 is 1.27 bits per heavy atom. The number of hydrogen-bond acceptors (Lipinski definition) is 3. The molecule has 3 atom stereocenters. The van der Waals surface area contributed by atoms with E-state index in [0.29, 0.717) is 5.92 Å². The van der Waals surface area contributed by atoms with Crippen molar-refractivity contribution in [3.63, 3.8) is 0 Å². The first-order chi connectivity index (χ1) is 12.6. The predicted octanol–water partition coefficient (Wildman–Crippen LogP) is 5.49. The number of hydrogen-bond donors (Lipinski definition) is 0. The monoisotopic (exact) mass is 359 g/mol. The Hall–Kier alpha value is -2.26. The van der Waals surface area contributed by atoms with Gasteiger partial charge in [-0.25, -0.2) is 0 Å². The van der Waals surface area contributed by atoms with E-state index in [1.165, 1.54) is 33.7 Å². The van der Waals surface area contributed by atoms with Crippen LogP contribution in [0.5, 0.6) is 0 Å². The molecule has 0 saturated heterocycles. The number of rotatable bonds is 4. The number of nitrogens with zero attached hydrogens (tertiary/aromatic N) is 1. The van der Waals surface area contributed by atoms with E-state index in [0.717, 1.165) is 11.3 Å². The van der Waals surface area contributed by atoms with E-state index in [1.54, 1.807) is 18.3 Å². The van der Waals surface area contributed by atoms with Gasteiger partial charge in [-0.05, 0) is 50.3 Å². The molecule has 2 heterocycles. The maximum Gasteiger partial charge on any atom is 0.169 e. The summed E-state index contributed by atoms with van der Waals surface area (Å²) in [6.45, 7) is 3.79. The van der Waals surface area contributed by atoms with Gasteiger partial charge in [0.15, 0.2) is 5.78 Å². The molecule has 2 nitrogen and oxygen atoms in total. The summed E-state index contributed by atoms with van der Waals surface area (Å²) < 4.78 is 0. The lowest BCUT2D eigenvalue weighted by atomic mass is 9.77. The molecule has 0 amide bonds. The second-order valence-electron chi connectivity index (χ2n) is 7.81. The number of ketones is 1. The quantitative estimate of drug-likeness (QED) is 0.524. The van der Waals surface area contributed by atoms with Crippen molar-refractivity contribution in [2.45, 2.75) is 26.7 Å². The number of fused-ring (bicyclic) bond motifs is 3. The minimum atomic E-state index is 0.137. The van der Waals surface area contributed by atoms with Crippen LogP contribution in [0.3, 0.4) is 0 Å². The number of carbonyl (C=O) groups is 1. The van der Waals surface area contributed by atoms with Gasteiger partial charge < -0.3 is 0 Å². The van der Waals surface area contributed by atoms with Crippen LogP contribution in [0.1, 0.15) is 39.0 Å². The third kappa shape index (κ3) is 2.38. The number of aryl methyl sites for hydroxylation is 1. The Balaban J connectivity index is 1.44. The SMILES string of the molecule is CC(=O)c1ccc(C2=CN=C3C2C=CC2CC32Cc2cccc(C)c2)s1. The molecule has 1 aromatic heterocycles. The zero-order valence-corrected chi connectivity index (χ0v) is 15.8. The topological polar surface area (TPSA) is 29.4 Å². The molecule has 2 aromatic rings. The molecular formula is C23H21NOS. The van der Waals surface area contributed by atoms with Gasteiger partial charge in [0, 0.05) is 33.7 Å². The van der Waals surface area contributed by atoms with Crippen molar-refractivity contribution in [2.24, 2.45) is 22.2 Å². The van der Waals surface area contributed by atoms with Crippen molar-refractivity contribution in [3.05, 3.63) is 75.6 Å². The molecular weight excluding hydrogens is 338 g/mol. The number of allylic oxidation sites excluding steroid dienone is 3. The molecule has 130 valence electrons. The molecule has 1 aromatic carbocycles. The largest absolute Gasteiger partial charge is 0.294 e. The number of carbonyl (C=O) groups excluding carboxylic acids is 1. The van der Waals surface area contributed by atoms with Gasteiger partial charge in [-0.2, -0.15) is 0 Å². The van der Waals surface area contributed by atoms with E-state index in [9.17, 15) is 4.79 Å². The van der Waals surface area contributed by atoms with Gasteiger partial charge in [0.2, 0.25) is 0 Å². The Morgan fingerprint density at radius 2 is 2.15 bits per heavy atom. The second-order valence-corrected chi connectivity index (χ2v) is 8.90. The van der Waals surface area contributed by atoms with E-state index in [4.69, 9.17) is 4.99 Å². The van der Waals surface area contributed by atoms with Gasteiger partial charge in [0.05, 0.1) is 4.88 Å². The van der Waals surface area contributed by atoms with Crippen LogP contribution >= 0.6 is 11.3 Å². The van der Waals surface area contributed by atoms with E-state index in [-0.39, 0.29) is 17.1 Å². The normalized spacial score (nSPS) is 28.2. The lowest BCUT2D eigenvalue weighted by Crippen LogP contribution is -2.28. The van der Waals surface area contributed by atoms with Crippen molar-refractivity contribution < 1.29 is 4.79 Å². The molecule has 2 aliphatic carbocycles. The minimum absolute atomic E-state index is 0.137. The van der Waals surface area contributed by atoms with E-state index >= 15 is 0 Å². The first kappa shape index (κ1) is 16.0. The van der Waals surface area contributed by atoms with E-state index < -0.39 is 0 Å². The molecule has 0 spiro atoms. The first-order valence-electron chi connectivity index (χ1n) is 9.20. The summed E-state index contributed by atoms with van der Waals surface area (Å²) >= 11 is 1.59. The molecule has 0 radical (unpaired) electrons. The summed E-state index contributed by atoms with van der Waals surface area (Å²) in [7, 11) is 0. The summed E-state index contributed by atoms with van der Waals surface area (Å²) in [6, 6.07) is 12.9. The zero-order valence-electron chi connectivity index (χ0n) is 15.0. The number of thiophene rings is 1. The lowest BCUT2D eigenvalue weighted by molar-refractivity contribution is 0.102. The summed E-state index contributed by atoms with van der Waals surface area (Å²) in [5, 5.41) is 0. The average molecular weight is 359 g/mol. The van der Waals surface area contributed by atoms with Gasteiger partial charge >= 0.3 is 0 Å². The molecule has 1 saturated carbocycles. The van der Waals surface area contributed by atoms with Crippen molar-refractivity contribution in [3.8, 4) is 0 Å². The Kier molecular flexibility index (Phi) is 3.45. The van der Waals surface area contributed by atoms with Gasteiger partial charge in [0.1, 0.15) is 0 Å². The number of aliphatic imine (C=N–C) groups is 1. The highest BCUT2D eigenvalue weighted by Crippen LogP contribution is 2.62. The van der Waals surface area contributed by atoms with Crippen LogP contribution in [0.2, 0.25) is 0 Å². The maximum absolute atomic E-state index is 11.6. The van der Waals surface area contributed by atoms with Crippen LogP contribution in [0.25, 0.3) is 5.57 Å². The fourth-order valence-corrected chi connectivity index (χ4v) is 5.54. The zero-order chi connectivity index (χ0) is 17.9. The van der Waals surface area contributed by atoms with Crippen molar-refractivity contribution >= 4 is 28.4 Å². The van der Waals surface area contributed by atoms with Crippen LogP contribution in [0.4, 0.5) is 0 Å². The van der Waals surface area contributed by atoms with Crippen LogP contribution in [-0.4, -0.2) is 11.5 Å². The lowest BCUT2D eigenvalue weighted by Gasteiger charge is -2.26. The van der Waals surface area contributed by atoms with Crippen LogP contribution in [-0.2, 0) is 6.42 Å². The molecule has 0 bridgehead atoms. The third-order valence-corrected chi connectivity index (χ3v) is 7.23. The minimum Gasteiger partial charge on any atom is -0.294 e. The van der Waals surface area contributed by atoms with Gasteiger partial charge in [0.25, 0.3) is 0 Å². The van der Waals surface area contributed by atoms with Crippen LogP contribution in [0, 0.1) is 24.2 Å². The van der Waals surface area contributed by atoms with Crippen molar-refractivity contribution in [1.82, 2.24) is 0 Å². The predicted molar refractivity (Wildman–Crippen MR) is 108 cm³/mol. The summed E-state index contributed by atoms with van der Waals surface area (Å²) in [5.41, 5.74) is 5.52. The Morgan fingerprint density at radius 3 is 2.92 bits per heavy atom. The molecule has 1 aliphatic heterocycles. The van der Waals surface area contributed by atoms with Gasteiger partial charge in [-0.1, -0.05) is 42.0 Å². The molecule has 3 heteroatoms. The third-order valence-electron chi connectivity index (χ3n) is 5.99. The second kappa shape index (κ2) is 5.62. The Labute approximate surface area is 158 Å². The highest BCUT2D eigenvalue weighted by Gasteiger charge is 2.60. The summed E-state index contributed by atoms with van der Waals surface area (Å²) in [6.07, 6.45) is 9.05. The van der Waals surface area contributed by atoms with Crippen LogP contribution < -0.4 is 0 Å². The fraction of sp³-hybridized carbons (Fsp3) is 0.304. The smallest absolute Gasteiger partial charge is 0.169 e. The van der Waals surface area contributed by atoms with Crippen LogP contribution in [0.15, 0.2) is 59.7 Å². The molecule has 3 aliphatic rings. The van der Waals surface area contributed by atoms with Gasteiger partial charge in [-0.15, -0.1) is 11.3 Å². The maximum atomic E-state index is 11.6. The highest BCUT2D eigenvalue weighted by molar-refractivity contribution is 7.15. The molecule has 1 fully saturated rings. The highest BCUT2D eigenvalue weighted by atomic mass is 32.1. The fourth-order valence-electron chi connectivity index (χ4n) is 4.58. The summed E-state index contributed by atoms with van der Waals surface area (Å²) in [4.78, 5) is 18.6. The molecule has 3 unspecified atom stereocenters. The average Bonchev–Trinajstić information content (AvgIpc) is 2.98. The van der Waals surface area contributed by atoms with E-state index in [2.05, 4.69) is 49.4 Å². The Bertz CT molecular complexity index is 1010. The first-order valence-corrected chi connectivity index (χ1v) is 10.0. The van der Waals surface area contributed by atoms with Crippen molar-refractivity contribution in [1.29, 1.82) is 0 Å². The van der Waals surface area contributed by atoms with Crippen molar-refractivity contribution in [2.75, 3.05) is 0 Å². The summed E-state index contributed by atoms with van der Waals surface area (Å²) in [5.74, 6) is 1.04. The standard InChI is InChI=1S/C23H21NOS/c1-14-4-3-5-16(10-14)11-23-12-17(23)6-7-18-19(13-24-22(18)23)21-9-8-20(26-21)15(2)25/h3-10,13,17-18H,11-12H2,1-2H3.